The second-order valence-electron chi connectivity index (χ2n) is 3.20. The van der Waals surface area contributed by atoms with Crippen molar-refractivity contribution in [3.63, 3.8) is 0 Å². The summed E-state index contributed by atoms with van der Waals surface area (Å²) in [5.41, 5.74) is 6.34. The average Bonchev–Trinajstić information content (AvgIpc) is 2.18. The Bertz CT molecular complexity index is 359. The van der Waals surface area contributed by atoms with Crippen LogP contribution in [0.25, 0.3) is 0 Å². The van der Waals surface area contributed by atoms with Crippen molar-refractivity contribution in [1.82, 2.24) is 9.88 Å². The topological polar surface area (TPSA) is 83.8 Å². The molecule has 0 unspecified atom stereocenters. The molecule has 0 amide bonds. The van der Waals surface area contributed by atoms with Crippen LogP contribution in [-0.2, 0) is 0 Å². The molecule has 0 atom stereocenters. The highest BCUT2D eigenvalue weighted by Crippen LogP contribution is 2.17. The summed E-state index contributed by atoms with van der Waals surface area (Å²) in [5, 5.41) is 1.41. The molecule has 1 aromatic rings. The Morgan fingerprint density at radius 3 is 2.60 bits per heavy atom. The normalized spacial score (nSPS) is 11.3. The standard InChI is InChI=1S/C9H16N6/c1-12-9(14(2)3)15(11)7-5-4-6-13-8(7)10/h4-6H,11H2,1-3H3,(H2,10,13)/b12-9+. The molecule has 0 fully saturated rings. The SMILES string of the molecule is C/N=C(\N(C)C)N(N)c1cccnc1N. The lowest BCUT2D eigenvalue weighted by Gasteiger charge is -2.25. The summed E-state index contributed by atoms with van der Waals surface area (Å²) in [4.78, 5) is 9.82. The molecule has 0 aliphatic carbocycles. The van der Waals surface area contributed by atoms with Gasteiger partial charge in [0.15, 0.2) is 0 Å². The van der Waals surface area contributed by atoms with Gasteiger partial charge in [0.25, 0.3) is 0 Å². The molecule has 0 aliphatic rings. The lowest BCUT2D eigenvalue weighted by Crippen LogP contribution is -2.45. The summed E-state index contributed by atoms with van der Waals surface area (Å²) in [7, 11) is 5.38. The summed E-state index contributed by atoms with van der Waals surface area (Å²) in [6.45, 7) is 0. The second kappa shape index (κ2) is 4.61. The van der Waals surface area contributed by atoms with Crippen molar-refractivity contribution in [2.75, 3.05) is 31.9 Å². The Morgan fingerprint density at radius 2 is 2.13 bits per heavy atom. The first-order chi connectivity index (χ1) is 7.07. The Labute approximate surface area is 89.2 Å². The van der Waals surface area contributed by atoms with Gasteiger partial charge in [-0.2, -0.15) is 0 Å². The number of aromatic nitrogens is 1. The van der Waals surface area contributed by atoms with E-state index in [4.69, 9.17) is 11.6 Å². The summed E-state index contributed by atoms with van der Waals surface area (Å²) in [5.74, 6) is 6.88. The molecule has 1 heterocycles. The van der Waals surface area contributed by atoms with E-state index in [0.29, 0.717) is 17.5 Å². The van der Waals surface area contributed by atoms with Crippen molar-refractivity contribution in [1.29, 1.82) is 0 Å². The lowest BCUT2D eigenvalue weighted by molar-refractivity contribution is 0.603. The molecule has 82 valence electrons. The fourth-order valence-corrected chi connectivity index (χ4v) is 1.24. The van der Waals surface area contributed by atoms with Crippen LogP contribution in [0.3, 0.4) is 0 Å². The first-order valence-corrected chi connectivity index (χ1v) is 4.47. The summed E-state index contributed by atoms with van der Waals surface area (Å²) in [6, 6.07) is 3.56. The van der Waals surface area contributed by atoms with Gasteiger partial charge in [0.2, 0.25) is 5.96 Å². The van der Waals surface area contributed by atoms with Crippen molar-refractivity contribution >= 4 is 17.5 Å². The van der Waals surface area contributed by atoms with E-state index in [1.165, 1.54) is 5.01 Å². The maximum absolute atomic E-state index is 5.89. The molecule has 0 aliphatic heterocycles. The van der Waals surface area contributed by atoms with Gasteiger partial charge in [-0.1, -0.05) is 0 Å². The Balaban J connectivity index is 3.04. The molecular weight excluding hydrogens is 192 g/mol. The first-order valence-electron chi connectivity index (χ1n) is 4.47. The molecule has 15 heavy (non-hydrogen) atoms. The third-order valence-corrected chi connectivity index (χ3v) is 1.89. The lowest BCUT2D eigenvalue weighted by atomic mass is 10.4. The predicted molar refractivity (Wildman–Crippen MR) is 62.4 cm³/mol. The highest BCUT2D eigenvalue weighted by Gasteiger charge is 2.13. The van der Waals surface area contributed by atoms with Gasteiger partial charge >= 0.3 is 0 Å². The number of anilines is 2. The van der Waals surface area contributed by atoms with Gasteiger partial charge in [0.05, 0.1) is 0 Å². The monoisotopic (exact) mass is 208 g/mol. The molecule has 6 heteroatoms. The largest absolute Gasteiger partial charge is 0.382 e. The third-order valence-electron chi connectivity index (χ3n) is 1.89. The van der Waals surface area contributed by atoms with Crippen molar-refractivity contribution < 1.29 is 0 Å². The molecule has 1 rings (SSSR count). The van der Waals surface area contributed by atoms with Crippen LogP contribution in [0.1, 0.15) is 0 Å². The zero-order chi connectivity index (χ0) is 11.4. The number of hydrogen-bond acceptors (Lipinski definition) is 4. The number of guanidine groups is 1. The molecule has 0 saturated heterocycles. The number of rotatable bonds is 1. The van der Waals surface area contributed by atoms with Crippen LogP contribution in [0.15, 0.2) is 23.3 Å². The van der Waals surface area contributed by atoms with Crippen molar-refractivity contribution in [2.24, 2.45) is 10.8 Å². The van der Waals surface area contributed by atoms with E-state index >= 15 is 0 Å². The van der Waals surface area contributed by atoms with E-state index in [0.717, 1.165) is 0 Å². The first kappa shape index (κ1) is 11.3. The van der Waals surface area contributed by atoms with Crippen LogP contribution >= 0.6 is 0 Å². The van der Waals surface area contributed by atoms with Gasteiger partial charge in [0, 0.05) is 27.3 Å². The number of nitrogens with zero attached hydrogens (tertiary/aromatic N) is 4. The van der Waals surface area contributed by atoms with Crippen molar-refractivity contribution in [3.8, 4) is 0 Å². The smallest absolute Gasteiger partial charge is 0.215 e. The van der Waals surface area contributed by atoms with Crippen molar-refractivity contribution in [2.45, 2.75) is 0 Å². The molecule has 4 N–H and O–H groups in total. The zero-order valence-electron chi connectivity index (χ0n) is 9.18. The van der Waals surface area contributed by atoms with Gasteiger partial charge in [-0.25, -0.2) is 15.8 Å². The van der Waals surface area contributed by atoms with E-state index < -0.39 is 0 Å². The van der Waals surface area contributed by atoms with E-state index in [1.54, 1.807) is 30.3 Å². The fraction of sp³-hybridized carbons (Fsp3) is 0.333. The van der Waals surface area contributed by atoms with Gasteiger partial charge in [-0.05, 0) is 12.1 Å². The zero-order valence-corrected chi connectivity index (χ0v) is 9.18. The number of nitrogen functional groups attached to an aromatic ring is 1. The average molecular weight is 208 g/mol. The van der Waals surface area contributed by atoms with Crippen LogP contribution in [0.4, 0.5) is 11.5 Å². The van der Waals surface area contributed by atoms with E-state index in [9.17, 15) is 0 Å². The maximum atomic E-state index is 5.89. The molecular formula is C9H16N6. The third kappa shape index (κ3) is 2.35. The molecule has 6 nitrogen and oxygen atoms in total. The van der Waals surface area contributed by atoms with Gasteiger partial charge in [-0.3, -0.25) is 4.99 Å². The minimum absolute atomic E-state index is 0.378. The molecule has 0 saturated carbocycles. The number of aliphatic imine (C=N–C) groups is 1. The van der Waals surface area contributed by atoms with Crippen LogP contribution in [0.5, 0.6) is 0 Å². The van der Waals surface area contributed by atoms with Crippen LogP contribution in [0.2, 0.25) is 0 Å². The highest BCUT2D eigenvalue weighted by molar-refractivity contribution is 5.96. The van der Waals surface area contributed by atoms with E-state index in [1.807, 2.05) is 14.1 Å². The molecule has 1 aromatic heterocycles. The van der Waals surface area contributed by atoms with Gasteiger partial charge in [0.1, 0.15) is 11.5 Å². The Hall–Kier alpha value is -1.82. The Morgan fingerprint density at radius 1 is 1.47 bits per heavy atom. The minimum Gasteiger partial charge on any atom is -0.382 e. The maximum Gasteiger partial charge on any atom is 0.215 e. The number of pyridine rings is 1. The van der Waals surface area contributed by atoms with Crippen molar-refractivity contribution in [3.05, 3.63) is 18.3 Å². The summed E-state index contributed by atoms with van der Waals surface area (Å²) >= 11 is 0. The minimum atomic E-state index is 0.378. The van der Waals surface area contributed by atoms with Gasteiger partial charge < -0.3 is 10.6 Å². The Kier molecular flexibility index (Phi) is 3.46. The second-order valence-corrected chi connectivity index (χ2v) is 3.20. The summed E-state index contributed by atoms with van der Waals surface area (Å²) < 4.78 is 0. The van der Waals surface area contributed by atoms with Crippen LogP contribution in [0, 0.1) is 0 Å². The molecule has 0 radical (unpaired) electrons. The van der Waals surface area contributed by atoms with Crippen LogP contribution < -0.4 is 16.6 Å². The molecule has 0 spiro atoms. The number of hydrogen-bond donors (Lipinski definition) is 2. The quantitative estimate of drug-likeness (QED) is 0.291. The van der Waals surface area contributed by atoms with E-state index in [2.05, 4.69) is 9.98 Å². The molecule has 0 aromatic carbocycles. The van der Waals surface area contributed by atoms with Gasteiger partial charge in [-0.15, -0.1) is 0 Å². The highest BCUT2D eigenvalue weighted by atomic mass is 15.5. The van der Waals surface area contributed by atoms with E-state index in [-0.39, 0.29) is 0 Å². The number of hydrazine groups is 1. The molecule has 0 bridgehead atoms. The summed E-state index contributed by atoms with van der Waals surface area (Å²) in [6.07, 6.45) is 1.62. The fourth-order valence-electron chi connectivity index (χ4n) is 1.24. The predicted octanol–water partition coefficient (Wildman–Crippen LogP) is -0.109. The number of nitrogens with two attached hydrogens (primary N) is 2. The van der Waals surface area contributed by atoms with Crippen LogP contribution in [-0.4, -0.2) is 37.0 Å².